The number of aryl methyl sites for hydroxylation is 2. The lowest BCUT2D eigenvalue weighted by molar-refractivity contribution is -0.695. The predicted octanol–water partition coefficient (Wildman–Crippen LogP) is 2.36. The highest BCUT2D eigenvalue weighted by molar-refractivity contribution is 5.88. The van der Waals surface area contributed by atoms with Gasteiger partial charge in [0, 0.05) is 51.0 Å². The van der Waals surface area contributed by atoms with Gasteiger partial charge >= 0.3 is 0 Å². The van der Waals surface area contributed by atoms with Gasteiger partial charge in [0.25, 0.3) is 0 Å². The lowest BCUT2D eigenvalue weighted by Crippen LogP contribution is -2.34. The van der Waals surface area contributed by atoms with Crippen molar-refractivity contribution in [3.63, 3.8) is 0 Å². The number of pyridine rings is 2. The van der Waals surface area contributed by atoms with Crippen LogP contribution in [0.3, 0.4) is 0 Å². The zero-order chi connectivity index (χ0) is 23.3. The maximum Gasteiger partial charge on any atom is 0.221 e. The Balaban J connectivity index is 1.57. The van der Waals surface area contributed by atoms with Crippen molar-refractivity contribution in [1.82, 2.24) is 0 Å². The summed E-state index contributed by atoms with van der Waals surface area (Å²) in [5.74, 6) is 0.136. The molecule has 2 heterocycles. The van der Waals surface area contributed by atoms with Crippen LogP contribution in [0.5, 0.6) is 0 Å². The van der Waals surface area contributed by atoms with Crippen LogP contribution in [0.25, 0.3) is 0 Å². The van der Waals surface area contributed by atoms with Gasteiger partial charge in [0.05, 0.1) is 24.2 Å². The summed E-state index contributed by atoms with van der Waals surface area (Å²) in [5, 5.41) is 5.41. The molecule has 0 fully saturated rings. The topological polar surface area (TPSA) is 100 Å². The largest absolute Gasteiger partial charge is 0.326 e. The van der Waals surface area contributed by atoms with Gasteiger partial charge in [0.2, 0.25) is 11.8 Å². The number of amides is 2. The Morgan fingerprint density at radius 1 is 0.625 bits per heavy atom. The number of aromatic nitrogens is 2. The van der Waals surface area contributed by atoms with Crippen molar-refractivity contribution in [2.24, 2.45) is 0 Å². The highest BCUT2D eigenvalue weighted by Crippen LogP contribution is 2.06. The van der Waals surface area contributed by atoms with E-state index in [0.717, 1.165) is 24.2 Å². The van der Waals surface area contributed by atoms with Crippen LogP contribution >= 0.6 is 0 Å². The zero-order valence-corrected chi connectivity index (χ0v) is 18.8. The van der Waals surface area contributed by atoms with Gasteiger partial charge in [0.15, 0.2) is 37.9 Å². The molecule has 0 aliphatic carbocycles. The smallest absolute Gasteiger partial charge is 0.221 e. The fourth-order valence-corrected chi connectivity index (χ4v) is 3.19. The summed E-state index contributed by atoms with van der Waals surface area (Å²) in [4.78, 5) is 46.2. The van der Waals surface area contributed by atoms with Gasteiger partial charge in [-0.3, -0.25) is 19.2 Å². The highest BCUT2D eigenvalue weighted by Gasteiger charge is 2.10. The van der Waals surface area contributed by atoms with Crippen LogP contribution in [0.2, 0.25) is 0 Å². The van der Waals surface area contributed by atoms with Gasteiger partial charge in [-0.15, -0.1) is 0 Å². The number of nitrogens with one attached hydrogen (secondary N) is 2. The molecule has 0 aromatic carbocycles. The van der Waals surface area contributed by atoms with Gasteiger partial charge in [-0.05, 0) is 12.8 Å². The second-order valence-electron chi connectivity index (χ2n) is 7.80. The van der Waals surface area contributed by atoms with Gasteiger partial charge in [-0.1, -0.05) is 0 Å². The number of ketones is 2. The van der Waals surface area contributed by atoms with Crippen molar-refractivity contribution in [2.45, 2.75) is 65.5 Å². The number of carbonyl (C=O) groups excluding carboxylic acids is 4. The molecule has 0 spiro atoms. The minimum Gasteiger partial charge on any atom is -0.326 e. The SMILES string of the molecule is CC(=O)Nc1cc[n+](CCC(=O)CCCCC(=O)CC[n+]2ccc(NC(C)=O)cc2)cc1. The molecule has 0 saturated heterocycles. The molecule has 0 bridgehead atoms. The number of rotatable bonds is 13. The van der Waals surface area contributed by atoms with Gasteiger partial charge in [-0.2, -0.15) is 0 Å². The van der Waals surface area contributed by atoms with Gasteiger partial charge in [0.1, 0.15) is 11.6 Å². The van der Waals surface area contributed by atoms with Crippen LogP contribution in [-0.2, 0) is 32.3 Å². The number of carbonyl (C=O) groups is 4. The molecule has 2 aromatic rings. The van der Waals surface area contributed by atoms with Crippen LogP contribution in [0, 0.1) is 0 Å². The van der Waals surface area contributed by atoms with Crippen molar-refractivity contribution >= 4 is 34.8 Å². The van der Waals surface area contributed by atoms with E-state index in [0.29, 0.717) is 38.8 Å². The summed E-state index contributed by atoms with van der Waals surface area (Å²) in [5.41, 5.74) is 1.45. The van der Waals surface area contributed by atoms with E-state index in [2.05, 4.69) is 10.6 Å². The van der Waals surface area contributed by atoms with Crippen LogP contribution < -0.4 is 19.8 Å². The average Bonchev–Trinajstić information content (AvgIpc) is 2.75. The molecule has 8 heteroatoms. The van der Waals surface area contributed by atoms with Gasteiger partial charge < -0.3 is 10.6 Å². The standard InChI is InChI=1S/C24H30N4O4/c1-19(29)25-21-7-13-27(14-8-21)17-11-23(31)5-3-4-6-24(32)12-18-28-15-9-22(10-16-28)26-20(2)30/h7-10,13-16H,3-6,11-12,17-18H2,1-2H3/p+2. The fourth-order valence-electron chi connectivity index (χ4n) is 3.19. The highest BCUT2D eigenvalue weighted by atomic mass is 16.2. The third-order valence-corrected chi connectivity index (χ3v) is 4.88. The summed E-state index contributed by atoms with van der Waals surface area (Å²) in [6.45, 7) is 4.11. The molecule has 2 N–H and O–H groups in total. The third-order valence-electron chi connectivity index (χ3n) is 4.88. The first-order valence-electron chi connectivity index (χ1n) is 10.9. The van der Waals surface area contributed by atoms with E-state index in [1.54, 1.807) is 24.3 Å². The molecule has 0 unspecified atom stereocenters. The van der Waals surface area contributed by atoms with E-state index in [-0.39, 0.29) is 23.4 Å². The van der Waals surface area contributed by atoms with Crippen LogP contribution in [-0.4, -0.2) is 23.4 Å². The van der Waals surface area contributed by atoms with Crippen molar-refractivity contribution in [3.05, 3.63) is 49.1 Å². The number of Topliss-reactive ketones (excluding diaryl/α,β-unsaturated/α-hetero) is 2. The van der Waals surface area contributed by atoms with Crippen molar-refractivity contribution in [3.8, 4) is 0 Å². The minimum atomic E-state index is -0.118. The molecule has 2 aromatic heterocycles. The number of anilines is 2. The lowest BCUT2D eigenvalue weighted by atomic mass is 10.1. The van der Waals surface area contributed by atoms with Gasteiger partial charge in [-0.25, -0.2) is 9.13 Å². The summed E-state index contributed by atoms with van der Waals surface area (Å²) in [7, 11) is 0. The summed E-state index contributed by atoms with van der Waals surface area (Å²) < 4.78 is 3.82. The van der Waals surface area contributed by atoms with E-state index >= 15 is 0 Å². The Bertz CT molecular complexity index is 847. The van der Waals surface area contributed by atoms with E-state index in [4.69, 9.17) is 0 Å². The normalized spacial score (nSPS) is 10.4. The molecular formula is C24H32N4O4+2. The second-order valence-corrected chi connectivity index (χ2v) is 7.80. The Hall–Kier alpha value is -3.42. The summed E-state index contributed by atoms with van der Waals surface area (Å²) in [6.07, 6.45) is 10.6. The number of nitrogens with zero attached hydrogens (tertiary/aromatic N) is 2. The number of hydrogen-bond acceptors (Lipinski definition) is 4. The zero-order valence-electron chi connectivity index (χ0n) is 18.8. The Morgan fingerprint density at radius 3 is 1.28 bits per heavy atom. The predicted molar refractivity (Wildman–Crippen MR) is 120 cm³/mol. The molecule has 2 amide bonds. The molecule has 0 radical (unpaired) electrons. The molecule has 2 rings (SSSR count). The lowest BCUT2D eigenvalue weighted by Gasteiger charge is -2.03. The maximum atomic E-state index is 12.1. The molecule has 8 nitrogen and oxygen atoms in total. The first kappa shape index (κ1) is 24.8. The van der Waals surface area contributed by atoms with Crippen LogP contribution in [0.15, 0.2) is 49.1 Å². The summed E-state index contributed by atoms with van der Waals surface area (Å²) >= 11 is 0. The third kappa shape index (κ3) is 10.1. The quantitative estimate of drug-likeness (QED) is 0.369. The van der Waals surface area contributed by atoms with Crippen molar-refractivity contribution in [1.29, 1.82) is 0 Å². The Labute approximate surface area is 188 Å². The maximum absolute atomic E-state index is 12.1. The first-order valence-corrected chi connectivity index (χ1v) is 10.9. The molecular weight excluding hydrogens is 408 g/mol. The molecule has 0 atom stereocenters. The average molecular weight is 441 g/mol. The van der Waals surface area contributed by atoms with Crippen LogP contribution in [0.1, 0.15) is 52.4 Å². The molecule has 0 saturated carbocycles. The minimum absolute atomic E-state index is 0.118. The van der Waals surface area contributed by atoms with Crippen molar-refractivity contribution in [2.75, 3.05) is 10.6 Å². The van der Waals surface area contributed by atoms with E-state index < -0.39 is 0 Å². The monoisotopic (exact) mass is 440 g/mol. The molecule has 170 valence electrons. The summed E-state index contributed by atoms with van der Waals surface area (Å²) in [6, 6.07) is 7.20. The second kappa shape index (κ2) is 13.1. The molecule has 0 aliphatic rings. The van der Waals surface area contributed by atoms with E-state index in [9.17, 15) is 19.2 Å². The first-order chi connectivity index (χ1) is 15.3. The fraction of sp³-hybridized carbons (Fsp3) is 0.417. The number of unbranched alkanes of at least 4 members (excludes halogenated alkanes) is 1. The van der Waals surface area contributed by atoms with E-state index in [1.165, 1.54) is 13.8 Å². The Kier molecular flexibility index (Phi) is 10.2. The number of hydrogen-bond donors (Lipinski definition) is 2. The molecule has 0 aliphatic heterocycles. The van der Waals surface area contributed by atoms with Crippen LogP contribution in [0.4, 0.5) is 11.4 Å². The molecule has 32 heavy (non-hydrogen) atoms. The Morgan fingerprint density at radius 2 is 0.969 bits per heavy atom. The van der Waals surface area contributed by atoms with Crippen molar-refractivity contribution < 1.29 is 28.3 Å². The van der Waals surface area contributed by atoms with E-state index in [1.807, 2.05) is 33.9 Å².